The maximum absolute atomic E-state index is 12.4. The summed E-state index contributed by atoms with van der Waals surface area (Å²) in [5.41, 5.74) is 1.85. The summed E-state index contributed by atoms with van der Waals surface area (Å²) >= 11 is 0. The van der Waals surface area contributed by atoms with Gasteiger partial charge in [-0.15, -0.1) is 9.05 Å². The van der Waals surface area contributed by atoms with E-state index in [1.165, 1.54) is 0 Å². The quantitative estimate of drug-likeness (QED) is 0.114. The molecule has 0 spiro atoms. The summed E-state index contributed by atoms with van der Waals surface area (Å²) in [6.45, 7) is 22.1. The molecule has 14 heteroatoms. The molecule has 0 aromatic heterocycles. The maximum atomic E-state index is 12.4. The fourth-order valence-corrected chi connectivity index (χ4v) is 5.40. The molecule has 0 bridgehead atoms. The average molecular weight is 659 g/mol. The van der Waals surface area contributed by atoms with Crippen molar-refractivity contribution in [3.05, 3.63) is 47.5 Å². The van der Waals surface area contributed by atoms with E-state index in [0.29, 0.717) is 26.3 Å². The Balaban J connectivity index is 1.23. The number of hydrogen-bond donors (Lipinski definition) is 2. The Morgan fingerprint density at radius 1 is 0.609 bits per heavy atom. The first-order chi connectivity index (χ1) is 21.6. The highest BCUT2D eigenvalue weighted by Gasteiger charge is 2.53. The normalized spacial score (nSPS) is 19.4. The number of benzene rings is 2. The van der Waals surface area contributed by atoms with Crippen LogP contribution in [0, 0.1) is 0 Å². The van der Waals surface area contributed by atoms with Crippen molar-refractivity contribution in [1.29, 1.82) is 0 Å². The Hall–Kier alpha value is -2.05. The van der Waals surface area contributed by atoms with E-state index in [1.54, 1.807) is 0 Å². The van der Waals surface area contributed by atoms with Crippen molar-refractivity contribution in [3.63, 3.8) is 0 Å². The zero-order valence-corrected chi connectivity index (χ0v) is 29.9. The van der Waals surface area contributed by atoms with E-state index in [2.05, 4.69) is 10.6 Å². The van der Waals surface area contributed by atoms with Gasteiger partial charge in [-0.05, 0) is 116 Å². The predicted octanol–water partition coefficient (Wildman–Crippen LogP) is 4.57. The highest BCUT2D eigenvalue weighted by Crippen LogP contribution is 2.38. The van der Waals surface area contributed by atoms with Crippen LogP contribution in [-0.4, -0.2) is 63.3 Å². The fraction of sp³-hybridized carbons (Fsp3) is 0.625. The first-order valence-electron chi connectivity index (χ1n) is 15.9. The minimum absolute atomic E-state index is 0.0355. The third kappa shape index (κ3) is 9.09. The maximum Gasteiger partial charge on any atom is 0.700 e. The van der Waals surface area contributed by atoms with E-state index in [-0.39, 0.29) is 13.5 Å². The van der Waals surface area contributed by atoms with Crippen LogP contribution >= 0.6 is 8.25 Å². The second-order valence-electron chi connectivity index (χ2n) is 13.5. The molecule has 46 heavy (non-hydrogen) atoms. The molecule has 2 fully saturated rings. The monoisotopic (exact) mass is 659 g/mol. The highest BCUT2D eigenvalue weighted by molar-refractivity contribution is 7.33. The van der Waals surface area contributed by atoms with Crippen LogP contribution in [0.2, 0.25) is 0 Å². The van der Waals surface area contributed by atoms with Crippen LogP contribution in [0.15, 0.2) is 36.4 Å². The van der Waals surface area contributed by atoms with E-state index in [9.17, 15) is 4.57 Å². The Labute approximate surface area is 275 Å². The summed E-state index contributed by atoms with van der Waals surface area (Å²) in [6, 6.07) is 11.8. The molecule has 0 unspecified atom stereocenters. The van der Waals surface area contributed by atoms with Gasteiger partial charge in [-0.3, -0.25) is 10.6 Å². The molecule has 0 atom stereocenters. The zero-order valence-electron chi connectivity index (χ0n) is 29.0. The van der Waals surface area contributed by atoms with Gasteiger partial charge >= 0.3 is 22.5 Å². The molecule has 0 radical (unpaired) electrons. The van der Waals surface area contributed by atoms with Crippen LogP contribution in [0.25, 0.3) is 0 Å². The molecule has 2 aliphatic rings. The number of rotatable bonds is 16. The van der Waals surface area contributed by atoms with Gasteiger partial charge in [0.05, 0.1) is 35.6 Å². The van der Waals surface area contributed by atoms with Crippen molar-refractivity contribution in [3.8, 4) is 11.5 Å². The lowest BCUT2D eigenvalue weighted by Crippen LogP contribution is -2.41. The molecular weight excluding hydrogens is 609 g/mol. The molecular formula is C32H50B2N2O9P+. The van der Waals surface area contributed by atoms with Crippen LogP contribution < -0.4 is 31.0 Å². The second kappa shape index (κ2) is 15.0. The average Bonchev–Trinajstić information content (AvgIpc) is 3.33. The van der Waals surface area contributed by atoms with E-state index in [1.807, 2.05) is 106 Å². The summed E-state index contributed by atoms with van der Waals surface area (Å²) in [4.78, 5) is 0. The first kappa shape index (κ1) is 36.8. The minimum Gasteiger partial charge on any atom is -0.494 e. The fourth-order valence-electron chi connectivity index (χ4n) is 4.93. The molecule has 2 aliphatic heterocycles. The summed E-state index contributed by atoms with van der Waals surface area (Å²) in [5.74, 6) is 1.45. The summed E-state index contributed by atoms with van der Waals surface area (Å²) < 4.78 is 59.6. The first-order valence-corrected chi connectivity index (χ1v) is 17.0. The summed E-state index contributed by atoms with van der Waals surface area (Å²) in [6.07, 6.45) is 0. The third-order valence-corrected chi connectivity index (χ3v) is 9.53. The van der Waals surface area contributed by atoms with E-state index < -0.39 is 44.9 Å². The molecule has 2 saturated heterocycles. The van der Waals surface area contributed by atoms with Crippen LogP contribution in [0.3, 0.4) is 0 Å². The molecule has 0 saturated carbocycles. The van der Waals surface area contributed by atoms with Crippen LogP contribution in [0.1, 0.15) is 80.4 Å². The molecule has 0 amide bonds. The van der Waals surface area contributed by atoms with Gasteiger partial charge in [-0.25, -0.2) is 0 Å². The van der Waals surface area contributed by atoms with Crippen LogP contribution in [0.5, 0.6) is 11.5 Å². The van der Waals surface area contributed by atoms with Gasteiger partial charge in [-0.2, -0.15) is 0 Å². The van der Waals surface area contributed by atoms with Crippen LogP contribution in [-0.2, 0) is 45.3 Å². The van der Waals surface area contributed by atoms with Gasteiger partial charge in [-0.1, -0.05) is 12.1 Å². The SMILES string of the molecule is CCOc1cc(CNCO[P+](=O)OCNCc2cc(OCC)cc(B3OC(C)(C)C(C)(C)O3)c2)cc(B2OC(C)(C)C(C)(C)O2)c1. The summed E-state index contributed by atoms with van der Waals surface area (Å²) in [5, 5.41) is 6.30. The molecule has 2 aromatic carbocycles. The van der Waals surface area contributed by atoms with Crippen molar-refractivity contribution in [2.45, 2.75) is 105 Å². The highest BCUT2D eigenvalue weighted by atomic mass is 31.1. The Kier molecular flexibility index (Phi) is 12.0. The third-order valence-electron chi connectivity index (χ3n) is 8.85. The smallest absolute Gasteiger partial charge is 0.494 e. The van der Waals surface area contributed by atoms with Crippen molar-refractivity contribution >= 4 is 33.4 Å². The second-order valence-corrected chi connectivity index (χ2v) is 14.5. The van der Waals surface area contributed by atoms with Crippen LogP contribution in [0.4, 0.5) is 0 Å². The molecule has 4 rings (SSSR count). The standard InChI is InChI=1S/C32H50B2N2O9P/c1-11-38-27-15-23(13-25(17-27)33-42-29(3,4)30(5,6)43-33)19-35-21-40-46(37)41-22-36-20-24-14-26(18-28(16-24)39-12-2)34-44-31(7,8)32(9,10)45-34/h13-18,35-36H,11-12,19-22H2,1-10H3/q+1. The minimum atomic E-state index is -2.34. The topological polar surface area (TPSA) is 115 Å². The Morgan fingerprint density at radius 3 is 1.28 bits per heavy atom. The zero-order chi connectivity index (χ0) is 33.8. The van der Waals surface area contributed by atoms with Gasteiger partial charge in [0.25, 0.3) is 0 Å². The van der Waals surface area contributed by atoms with Gasteiger partial charge in [0.2, 0.25) is 0 Å². The number of hydrogen-bond acceptors (Lipinski definition) is 11. The van der Waals surface area contributed by atoms with Gasteiger partial charge < -0.3 is 28.1 Å². The lowest BCUT2D eigenvalue weighted by molar-refractivity contribution is 0.00578. The predicted molar refractivity (Wildman–Crippen MR) is 180 cm³/mol. The van der Waals surface area contributed by atoms with Crippen molar-refractivity contribution in [2.24, 2.45) is 0 Å². The Bertz CT molecular complexity index is 1230. The molecule has 2 N–H and O–H groups in total. The van der Waals surface area contributed by atoms with E-state index >= 15 is 0 Å². The molecule has 2 aromatic rings. The molecule has 252 valence electrons. The lowest BCUT2D eigenvalue weighted by Gasteiger charge is -2.32. The van der Waals surface area contributed by atoms with Gasteiger partial charge in [0.15, 0.2) is 13.5 Å². The van der Waals surface area contributed by atoms with Crippen molar-refractivity contribution in [1.82, 2.24) is 10.6 Å². The lowest BCUT2D eigenvalue weighted by atomic mass is 9.78. The number of nitrogens with one attached hydrogen (secondary N) is 2. The number of ether oxygens (including phenoxy) is 2. The molecule has 2 heterocycles. The van der Waals surface area contributed by atoms with Crippen molar-refractivity contribution in [2.75, 3.05) is 26.7 Å². The van der Waals surface area contributed by atoms with E-state index in [0.717, 1.165) is 33.6 Å². The van der Waals surface area contributed by atoms with Crippen molar-refractivity contribution < 1.29 is 41.7 Å². The Morgan fingerprint density at radius 2 is 0.957 bits per heavy atom. The van der Waals surface area contributed by atoms with Gasteiger partial charge in [0.1, 0.15) is 11.5 Å². The van der Waals surface area contributed by atoms with Gasteiger partial charge in [0, 0.05) is 17.7 Å². The summed E-state index contributed by atoms with van der Waals surface area (Å²) in [7, 11) is -3.35. The van der Waals surface area contributed by atoms with E-state index in [4.69, 9.17) is 37.1 Å². The largest absolute Gasteiger partial charge is 0.700 e. The molecule has 0 aliphatic carbocycles. The molecule has 11 nitrogen and oxygen atoms in total.